The number of rotatable bonds is 5. The molecule has 1 fully saturated rings. The molecule has 30 heavy (non-hydrogen) atoms. The van der Waals surface area contributed by atoms with Crippen molar-refractivity contribution in [2.24, 2.45) is 0 Å². The molecule has 4 rings (SSSR count). The first kappa shape index (κ1) is 20.7. The van der Waals surface area contributed by atoms with Crippen LogP contribution >= 0.6 is 35.7 Å². The smallest absolute Gasteiger partial charge is 0.270 e. The zero-order chi connectivity index (χ0) is 21.1. The number of hydrogen-bond donors (Lipinski definition) is 0. The van der Waals surface area contributed by atoms with Gasteiger partial charge in [-0.25, -0.2) is 0 Å². The Morgan fingerprint density at radius 1 is 0.967 bits per heavy atom. The van der Waals surface area contributed by atoms with E-state index in [0.29, 0.717) is 20.7 Å². The third-order valence-electron chi connectivity index (χ3n) is 4.55. The van der Waals surface area contributed by atoms with Crippen molar-refractivity contribution in [3.05, 3.63) is 88.8 Å². The number of carbonyl (C=O) groups is 1. The number of thiocarbonyl (C=S) groups is 1. The van der Waals surface area contributed by atoms with Crippen LogP contribution in [0.25, 0.3) is 6.08 Å². The molecule has 0 aromatic heterocycles. The Bertz CT molecular complexity index is 1120. The molecule has 150 valence electrons. The van der Waals surface area contributed by atoms with Gasteiger partial charge in [0.25, 0.3) is 5.91 Å². The van der Waals surface area contributed by atoms with E-state index in [9.17, 15) is 4.79 Å². The average molecular weight is 450 g/mol. The maximum absolute atomic E-state index is 13.0. The summed E-state index contributed by atoms with van der Waals surface area (Å²) in [6.45, 7) is 2.08. The van der Waals surface area contributed by atoms with Gasteiger partial charge in [-0.1, -0.05) is 77.7 Å². The van der Waals surface area contributed by atoms with Gasteiger partial charge in [0.1, 0.15) is 5.75 Å². The molecule has 3 nitrogen and oxygen atoms in total. The molecule has 1 amide bonds. The molecule has 0 radical (unpaired) electrons. The predicted molar refractivity (Wildman–Crippen MR) is 130 cm³/mol. The van der Waals surface area contributed by atoms with Crippen LogP contribution in [0.4, 0.5) is 5.69 Å². The van der Waals surface area contributed by atoms with Crippen LogP contribution in [0.5, 0.6) is 5.75 Å². The van der Waals surface area contributed by atoms with E-state index < -0.39 is 0 Å². The van der Waals surface area contributed by atoms with Crippen molar-refractivity contribution in [2.45, 2.75) is 16.7 Å². The first-order valence-electron chi connectivity index (χ1n) is 9.31. The molecule has 0 N–H and O–H groups in total. The van der Waals surface area contributed by atoms with E-state index in [4.69, 9.17) is 17.0 Å². The molecule has 0 unspecified atom stereocenters. The standard InChI is InChI=1S/C24H19NO2S3/c1-16-7-11-18(12-8-16)29-19-13-9-17(10-14-19)15-22-23(26)25(24(28)30-22)20-5-3-4-6-21(20)27-2/h3-15H,1-2H3/b22-15-. The third kappa shape index (κ3) is 4.46. The fourth-order valence-corrected chi connectivity index (χ4v) is 5.12. The Morgan fingerprint density at radius 2 is 1.60 bits per heavy atom. The lowest BCUT2D eigenvalue weighted by Gasteiger charge is -2.17. The number of aryl methyl sites for hydroxylation is 1. The molecule has 0 saturated carbocycles. The fraction of sp³-hybridized carbons (Fsp3) is 0.0833. The van der Waals surface area contributed by atoms with Crippen LogP contribution in [0, 0.1) is 6.92 Å². The van der Waals surface area contributed by atoms with Crippen LogP contribution in [-0.2, 0) is 4.79 Å². The topological polar surface area (TPSA) is 29.5 Å². The number of hydrogen-bond acceptors (Lipinski definition) is 5. The van der Waals surface area contributed by atoms with E-state index in [2.05, 4.69) is 43.3 Å². The van der Waals surface area contributed by atoms with E-state index in [0.717, 1.165) is 10.5 Å². The third-order valence-corrected chi connectivity index (χ3v) is 6.87. The summed E-state index contributed by atoms with van der Waals surface area (Å²) < 4.78 is 5.89. The molecular formula is C24H19NO2S3. The highest BCUT2D eigenvalue weighted by Gasteiger charge is 2.34. The van der Waals surface area contributed by atoms with Crippen LogP contribution in [0.2, 0.25) is 0 Å². The molecule has 1 saturated heterocycles. The van der Waals surface area contributed by atoms with Crippen molar-refractivity contribution in [3.63, 3.8) is 0 Å². The number of para-hydroxylation sites is 2. The van der Waals surface area contributed by atoms with Crippen molar-refractivity contribution in [3.8, 4) is 5.75 Å². The molecule has 0 spiro atoms. The van der Waals surface area contributed by atoms with Crippen LogP contribution in [0.1, 0.15) is 11.1 Å². The second-order valence-corrected chi connectivity index (χ2v) is 9.50. The van der Waals surface area contributed by atoms with Gasteiger partial charge < -0.3 is 4.74 Å². The predicted octanol–water partition coefficient (Wildman–Crippen LogP) is 6.56. The summed E-state index contributed by atoms with van der Waals surface area (Å²) in [4.78, 5) is 17.5. The minimum atomic E-state index is -0.132. The van der Waals surface area contributed by atoms with Crippen molar-refractivity contribution >= 4 is 57.7 Å². The second-order valence-electron chi connectivity index (χ2n) is 6.67. The van der Waals surface area contributed by atoms with Gasteiger partial charge in [0.2, 0.25) is 0 Å². The number of nitrogens with zero attached hydrogens (tertiary/aromatic N) is 1. The zero-order valence-electron chi connectivity index (χ0n) is 16.5. The zero-order valence-corrected chi connectivity index (χ0v) is 18.9. The monoisotopic (exact) mass is 449 g/mol. The van der Waals surface area contributed by atoms with Gasteiger partial charge in [0.15, 0.2) is 4.32 Å². The van der Waals surface area contributed by atoms with E-state index in [1.165, 1.54) is 27.1 Å². The first-order valence-corrected chi connectivity index (χ1v) is 11.3. The Hall–Kier alpha value is -2.54. The molecule has 1 heterocycles. The van der Waals surface area contributed by atoms with Gasteiger partial charge in [-0.15, -0.1) is 0 Å². The Morgan fingerprint density at radius 3 is 2.27 bits per heavy atom. The van der Waals surface area contributed by atoms with Crippen molar-refractivity contribution in [1.29, 1.82) is 0 Å². The second kappa shape index (κ2) is 9.08. The maximum Gasteiger partial charge on any atom is 0.270 e. The van der Waals surface area contributed by atoms with E-state index in [-0.39, 0.29) is 5.91 Å². The molecule has 3 aromatic rings. The maximum atomic E-state index is 13.0. The molecule has 3 aromatic carbocycles. The van der Waals surface area contributed by atoms with Gasteiger partial charge >= 0.3 is 0 Å². The number of anilines is 1. The Labute approximate surface area is 190 Å². The average Bonchev–Trinajstić information content (AvgIpc) is 3.04. The molecule has 1 aliphatic heterocycles. The Kier molecular flexibility index (Phi) is 6.27. The molecule has 1 aliphatic rings. The number of methoxy groups -OCH3 is 1. The van der Waals surface area contributed by atoms with Crippen molar-refractivity contribution < 1.29 is 9.53 Å². The van der Waals surface area contributed by atoms with Gasteiger partial charge in [0.05, 0.1) is 17.7 Å². The summed E-state index contributed by atoms with van der Waals surface area (Å²) in [6, 6.07) is 24.0. The lowest BCUT2D eigenvalue weighted by Crippen LogP contribution is -2.27. The first-order chi connectivity index (χ1) is 14.5. The lowest BCUT2D eigenvalue weighted by atomic mass is 10.2. The normalized spacial score (nSPS) is 15.1. The van der Waals surface area contributed by atoms with Crippen LogP contribution < -0.4 is 9.64 Å². The minimum Gasteiger partial charge on any atom is -0.495 e. The van der Waals surface area contributed by atoms with Gasteiger partial charge in [-0.3, -0.25) is 9.69 Å². The number of amides is 1. The highest BCUT2D eigenvalue weighted by atomic mass is 32.2. The summed E-state index contributed by atoms with van der Waals surface area (Å²) in [7, 11) is 1.59. The highest BCUT2D eigenvalue weighted by Crippen LogP contribution is 2.39. The quantitative estimate of drug-likeness (QED) is 0.325. The van der Waals surface area contributed by atoms with E-state index in [1.54, 1.807) is 18.9 Å². The fourth-order valence-electron chi connectivity index (χ4n) is 3.02. The van der Waals surface area contributed by atoms with Crippen molar-refractivity contribution in [1.82, 2.24) is 0 Å². The largest absolute Gasteiger partial charge is 0.495 e. The summed E-state index contributed by atoms with van der Waals surface area (Å²) in [5, 5.41) is 0. The van der Waals surface area contributed by atoms with Crippen LogP contribution in [-0.4, -0.2) is 17.3 Å². The van der Waals surface area contributed by atoms with Gasteiger partial charge in [-0.05, 0) is 55.0 Å². The van der Waals surface area contributed by atoms with Gasteiger partial charge in [0, 0.05) is 9.79 Å². The van der Waals surface area contributed by atoms with Crippen LogP contribution in [0.15, 0.2) is 87.5 Å². The number of carbonyl (C=O) groups excluding carboxylic acids is 1. The molecule has 0 aliphatic carbocycles. The minimum absolute atomic E-state index is 0.132. The van der Waals surface area contributed by atoms with E-state index in [1.807, 2.05) is 42.5 Å². The number of benzene rings is 3. The summed E-state index contributed by atoms with van der Waals surface area (Å²) >= 11 is 8.49. The summed E-state index contributed by atoms with van der Waals surface area (Å²) in [6.07, 6.45) is 1.88. The SMILES string of the molecule is COc1ccccc1N1C(=O)/C(=C/c2ccc(Sc3ccc(C)cc3)cc2)SC1=S. The molecule has 6 heteroatoms. The molecular weight excluding hydrogens is 430 g/mol. The summed E-state index contributed by atoms with van der Waals surface area (Å²) in [5.41, 5.74) is 2.87. The number of thioether (sulfide) groups is 1. The Balaban J connectivity index is 1.53. The van der Waals surface area contributed by atoms with Crippen molar-refractivity contribution in [2.75, 3.05) is 12.0 Å². The van der Waals surface area contributed by atoms with E-state index >= 15 is 0 Å². The van der Waals surface area contributed by atoms with Crippen LogP contribution in [0.3, 0.4) is 0 Å². The lowest BCUT2D eigenvalue weighted by molar-refractivity contribution is -0.113. The summed E-state index contributed by atoms with van der Waals surface area (Å²) in [5.74, 6) is 0.486. The number of ether oxygens (including phenoxy) is 1. The molecule has 0 bridgehead atoms. The van der Waals surface area contributed by atoms with Gasteiger partial charge in [-0.2, -0.15) is 0 Å². The highest BCUT2D eigenvalue weighted by molar-refractivity contribution is 8.27. The molecule has 0 atom stereocenters.